The maximum Gasteiger partial charge on any atom is 0.345 e. The number of benzene rings is 1. The molecule has 1 aliphatic rings. The van der Waals surface area contributed by atoms with E-state index in [1.54, 1.807) is 0 Å². The van der Waals surface area contributed by atoms with E-state index in [-0.39, 0.29) is 17.4 Å². The highest BCUT2D eigenvalue weighted by molar-refractivity contribution is 9.10. The molecule has 0 radical (unpaired) electrons. The number of nitrogens with zero attached hydrogens (tertiary/aromatic N) is 1. The highest BCUT2D eigenvalue weighted by Crippen LogP contribution is 2.36. The third-order valence-electron chi connectivity index (χ3n) is 2.62. The van der Waals surface area contributed by atoms with E-state index < -0.39 is 17.0 Å². The van der Waals surface area contributed by atoms with E-state index >= 15 is 0 Å². The predicted octanol–water partition coefficient (Wildman–Crippen LogP) is 2.60. The van der Waals surface area contributed by atoms with Crippen LogP contribution in [0.1, 0.15) is 12.8 Å². The lowest BCUT2D eigenvalue weighted by molar-refractivity contribution is -0.385. The maximum atomic E-state index is 11.0. The van der Waals surface area contributed by atoms with Gasteiger partial charge in [-0.15, -0.1) is 0 Å². The summed E-state index contributed by atoms with van der Waals surface area (Å²) in [7, 11) is 0. The maximum absolute atomic E-state index is 11.0. The van der Waals surface area contributed by atoms with Crippen LogP contribution in [-0.2, 0) is 4.79 Å². The number of hydrogen-bond acceptors (Lipinski definition) is 4. The summed E-state index contributed by atoms with van der Waals surface area (Å²) in [6.07, 6.45) is 0.694. The van der Waals surface area contributed by atoms with Crippen LogP contribution in [0.5, 0.6) is 5.75 Å². The number of ether oxygens (including phenoxy) is 1. The van der Waals surface area contributed by atoms with Gasteiger partial charge in [0.05, 0.1) is 11.0 Å². The van der Waals surface area contributed by atoms with Crippen molar-refractivity contribution < 1.29 is 19.6 Å². The van der Waals surface area contributed by atoms with Crippen LogP contribution < -0.4 is 4.74 Å². The highest BCUT2D eigenvalue weighted by atomic mass is 79.9. The molecule has 6 nitrogen and oxygen atoms in total. The van der Waals surface area contributed by atoms with Gasteiger partial charge >= 0.3 is 5.97 Å². The first-order valence-corrected chi connectivity index (χ1v) is 6.11. The zero-order valence-corrected chi connectivity index (χ0v) is 10.8. The van der Waals surface area contributed by atoms with Crippen LogP contribution >= 0.6 is 15.9 Å². The van der Waals surface area contributed by atoms with E-state index in [2.05, 4.69) is 15.9 Å². The summed E-state index contributed by atoms with van der Waals surface area (Å²) in [4.78, 5) is 21.2. The van der Waals surface area contributed by atoms with Crippen molar-refractivity contribution in [3.05, 3.63) is 32.8 Å². The highest BCUT2D eigenvalue weighted by Gasteiger charge is 2.38. The number of nitro benzene ring substituents is 1. The molecular weight excluding hydrogens is 306 g/mol. The first-order valence-electron chi connectivity index (χ1n) is 5.32. The molecule has 2 rings (SSSR count). The molecule has 1 unspecified atom stereocenters. The molecule has 0 aliphatic heterocycles. The van der Waals surface area contributed by atoms with E-state index in [0.717, 1.165) is 12.8 Å². The van der Waals surface area contributed by atoms with E-state index in [4.69, 9.17) is 9.84 Å². The van der Waals surface area contributed by atoms with Gasteiger partial charge in [0, 0.05) is 16.5 Å². The third-order valence-corrected chi connectivity index (χ3v) is 3.08. The fraction of sp³-hybridized carbons (Fsp3) is 0.364. The Hall–Kier alpha value is -1.63. The van der Waals surface area contributed by atoms with Gasteiger partial charge in [0.1, 0.15) is 5.75 Å². The summed E-state index contributed by atoms with van der Waals surface area (Å²) in [5.41, 5.74) is -0.140. The zero-order chi connectivity index (χ0) is 13.3. The Morgan fingerprint density at radius 1 is 1.50 bits per heavy atom. The van der Waals surface area contributed by atoms with Gasteiger partial charge in [-0.05, 0) is 18.9 Å². The summed E-state index contributed by atoms with van der Waals surface area (Å²) in [6, 6.07) is 4.08. The number of carboxylic acids is 1. The Morgan fingerprint density at radius 2 is 2.17 bits per heavy atom. The van der Waals surface area contributed by atoms with Gasteiger partial charge in [-0.2, -0.15) is 0 Å². The molecule has 0 aromatic heterocycles. The molecular formula is C11H10BrNO5. The zero-order valence-electron chi connectivity index (χ0n) is 9.21. The Kier molecular flexibility index (Phi) is 3.51. The van der Waals surface area contributed by atoms with Gasteiger partial charge in [0.25, 0.3) is 5.69 Å². The Labute approximate surface area is 111 Å². The molecule has 96 valence electrons. The van der Waals surface area contributed by atoms with Crippen LogP contribution in [0.15, 0.2) is 22.7 Å². The molecule has 1 N–H and O–H groups in total. The Balaban J connectivity index is 2.22. The van der Waals surface area contributed by atoms with Crippen molar-refractivity contribution in [3.63, 3.8) is 0 Å². The van der Waals surface area contributed by atoms with E-state index in [1.165, 1.54) is 18.2 Å². The van der Waals surface area contributed by atoms with Crippen molar-refractivity contribution in [2.75, 3.05) is 0 Å². The topological polar surface area (TPSA) is 89.7 Å². The number of hydrogen-bond donors (Lipinski definition) is 1. The molecule has 1 saturated carbocycles. The second-order valence-corrected chi connectivity index (χ2v) is 5.03. The molecule has 0 heterocycles. The first-order chi connectivity index (χ1) is 8.47. The van der Waals surface area contributed by atoms with Crippen LogP contribution in [0.25, 0.3) is 0 Å². The van der Waals surface area contributed by atoms with Crippen LogP contribution in [0.3, 0.4) is 0 Å². The van der Waals surface area contributed by atoms with Gasteiger partial charge in [-0.3, -0.25) is 10.1 Å². The standard InChI is InChI=1S/C11H10BrNO5/c12-7-3-8(13(16)17)5-9(4-7)18-10(11(14)15)6-1-2-6/h3-6,10H,1-2H2,(H,14,15). The lowest BCUT2D eigenvalue weighted by atomic mass is 10.2. The third kappa shape index (κ3) is 2.98. The number of non-ortho nitro benzene ring substituents is 1. The number of halogens is 1. The van der Waals surface area contributed by atoms with Gasteiger partial charge in [0.15, 0.2) is 6.10 Å². The number of carbonyl (C=O) groups is 1. The van der Waals surface area contributed by atoms with Gasteiger partial charge in [-0.25, -0.2) is 4.79 Å². The first kappa shape index (κ1) is 12.8. The quantitative estimate of drug-likeness (QED) is 0.666. The Bertz CT molecular complexity index is 500. The molecule has 18 heavy (non-hydrogen) atoms. The van der Waals surface area contributed by atoms with Crippen molar-refractivity contribution >= 4 is 27.6 Å². The van der Waals surface area contributed by atoms with Crippen molar-refractivity contribution in [3.8, 4) is 5.75 Å². The number of rotatable bonds is 5. The second kappa shape index (κ2) is 4.93. The summed E-state index contributed by atoms with van der Waals surface area (Å²) < 4.78 is 5.82. The fourth-order valence-electron chi connectivity index (χ4n) is 1.62. The number of nitro groups is 1. The Morgan fingerprint density at radius 3 is 2.67 bits per heavy atom. The van der Waals surface area contributed by atoms with E-state index in [0.29, 0.717) is 4.47 Å². The number of aliphatic carboxylic acids is 1. The number of carboxylic acid groups (broad SMARTS) is 1. The van der Waals surface area contributed by atoms with Crippen LogP contribution in [0.2, 0.25) is 0 Å². The van der Waals surface area contributed by atoms with Crippen LogP contribution in [0, 0.1) is 16.0 Å². The van der Waals surface area contributed by atoms with Crippen LogP contribution in [0.4, 0.5) is 5.69 Å². The molecule has 7 heteroatoms. The average Bonchev–Trinajstić information content (AvgIpc) is 3.08. The lowest BCUT2D eigenvalue weighted by Gasteiger charge is -2.14. The largest absolute Gasteiger partial charge is 0.478 e. The smallest absolute Gasteiger partial charge is 0.345 e. The molecule has 1 atom stereocenters. The fourth-order valence-corrected chi connectivity index (χ4v) is 2.08. The molecule has 1 aromatic carbocycles. The van der Waals surface area contributed by atoms with Gasteiger partial charge < -0.3 is 9.84 Å². The summed E-state index contributed by atoms with van der Waals surface area (Å²) in [5, 5.41) is 19.7. The predicted molar refractivity (Wildman–Crippen MR) is 65.6 cm³/mol. The summed E-state index contributed by atoms with van der Waals surface area (Å²) in [6.45, 7) is 0. The van der Waals surface area contributed by atoms with Crippen LogP contribution in [-0.4, -0.2) is 22.1 Å². The van der Waals surface area contributed by atoms with Gasteiger partial charge in [0.2, 0.25) is 0 Å². The molecule has 1 aliphatic carbocycles. The van der Waals surface area contributed by atoms with Crippen molar-refractivity contribution in [1.29, 1.82) is 0 Å². The minimum absolute atomic E-state index is 0.000498. The molecule has 0 saturated heterocycles. The SMILES string of the molecule is O=C(O)C(Oc1cc(Br)cc([N+](=O)[O-])c1)C1CC1. The monoisotopic (exact) mass is 315 g/mol. The van der Waals surface area contributed by atoms with Crippen molar-refractivity contribution in [1.82, 2.24) is 0 Å². The molecule has 0 amide bonds. The molecule has 1 fully saturated rings. The summed E-state index contributed by atoms with van der Waals surface area (Å²) in [5.74, 6) is -0.851. The summed E-state index contributed by atoms with van der Waals surface area (Å²) >= 11 is 3.13. The minimum Gasteiger partial charge on any atom is -0.478 e. The van der Waals surface area contributed by atoms with E-state index in [9.17, 15) is 14.9 Å². The molecule has 0 bridgehead atoms. The van der Waals surface area contributed by atoms with E-state index in [1.807, 2.05) is 0 Å². The van der Waals surface area contributed by atoms with Crippen molar-refractivity contribution in [2.45, 2.75) is 18.9 Å². The van der Waals surface area contributed by atoms with Gasteiger partial charge in [-0.1, -0.05) is 15.9 Å². The molecule has 0 spiro atoms. The molecule has 1 aromatic rings. The lowest BCUT2D eigenvalue weighted by Crippen LogP contribution is -2.29. The second-order valence-electron chi connectivity index (χ2n) is 4.12. The average molecular weight is 316 g/mol. The minimum atomic E-state index is -1.04. The van der Waals surface area contributed by atoms with Crippen molar-refractivity contribution in [2.24, 2.45) is 5.92 Å². The normalized spacial score (nSPS) is 16.1.